The topological polar surface area (TPSA) is 33.6 Å². The molecule has 0 amide bonds. The minimum Gasteiger partial charge on any atom is -0.313 e. The van der Waals surface area contributed by atoms with Crippen molar-refractivity contribution in [2.24, 2.45) is 0 Å². The number of fused-ring (bicyclic) bond motifs is 6. The summed E-state index contributed by atoms with van der Waals surface area (Å²) in [4.78, 5) is 0. The van der Waals surface area contributed by atoms with Crippen molar-refractivity contribution >= 4 is 27.4 Å². The molecule has 0 spiro atoms. The number of hydrogen-bond donors (Lipinski definition) is 0. The summed E-state index contributed by atoms with van der Waals surface area (Å²) in [6.45, 7) is 0. The Bertz CT molecular complexity index is 1920. The van der Waals surface area contributed by atoms with E-state index < -0.39 is 0 Å². The normalized spacial score (nSPS) is 14.4. The van der Waals surface area contributed by atoms with Crippen LogP contribution in [-0.4, -0.2) is 9.13 Å². The van der Waals surface area contributed by atoms with Gasteiger partial charge < -0.3 is 9.13 Å². The third-order valence-corrected chi connectivity index (χ3v) is 9.40. The maximum Gasteiger partial charge on any atom is 0.0918 e. The van der Waals surface area contributed by atoms with E-state index in [9.17, 15) is 5.26 Å². The zero-order valence-electron chi connectivity index (χ0n) is 23.8. The van der Waals surface area contributed by atoms with Crippen LogP contribution in [0.15, 0.2) is 103 Å². The number of nitriles is 1. The summed E-state index contributed by atoms with van der Waals surface area (Å²) < 4.78 is 4.93. The van der Waals surface area contributed by atoms with Crippen LogP contribution in [-0.2, 0) is 25.7 Å². The van der Waals surface area contributed by atoms with Gasteiger partial charge in [0.25, 0.3) is 0 Å². The Morgan fingerprint density at radius 2 is 1.05 bits per heavy atom. The fraction of sp³-hybridized carbons (Fsp3) is 0.205. The molecule has 0 bridgehead atoms. The average molecular weight is 544 g/mol. The highest BCUT2D eigenvalue weighted by molar-refractivity contribution is 5.90. The van der Waals surface area contributed by atoms with Crippen LogP contribution in [0.2, 0.25) is 0 Å². The molecule has 0 radical (unpaired) electrons. The minimum atomic E-state index is 0.955. The second-order valence-corrected chi connectivity index (χ2v) is 11.8. The summed E-state index contributed by atoms with van der Waals surface area (Å²) in [7, 11) is 0. The standard InChI is InChI=1S/C39H33N3/c40-24-23-31(27-11-9-13-29(25-27)41-36-19-5-1-15-32(36)33-16-2-6-20-37(33)41)28-12-10-14-30(26-28)42-38-21-7-3-17-34(38)35-18-4-8-22-39(35)42/h1,3,5,7,9-15,17,19,21,23,25-26H,2,4,6,8,16,18,20,22H2. The molecule has 0 fully saturated rings. The summed E-state index contributed by atoms with van der Waals surface area (Å²) in [5.74, 6) is 0. The van der Waals surface area contributed by atoms with Crippen LogP contribution >= 0.6 is 0 Å². The van der Waals surface area contributed by atoms with Crippen LogP contribution in [0.5, 0.6) is 0 Å². The lowest BCUT2D eigenvalue weighted by atomic mass is 9.95. The van der Waals surface area contributed by atoms with E-state index >= 15 is 0 Å². The molecule has 2 heterocycles. The van der Waals surface area contributed by atoms with E-state index in [-0.39, 0.29) is 0 Å². The fourth-order valence-corrected chi connectivity index (χ4v) is 7.60. The van der Waals surface area contributed by atoms with Crippen molar-refractivity contribution in [3.63, 3.8) is 0 Å². The smallest absolute Gasteiger partial charge is 0.0918 e. The second-order valence-electron chi connectivity index (χ2n) is 11.8. The number of aromatic nitrogens is 2. The van der Waals surface area contributed by atoms with Gasteiger partial charge in [-0.25, -0.2) is 0 Å². The number of hydrogen-bond acceptors (Lipinski definition) is 1. The Morgan fingerprint density at radius 3 is 1.55 bits per heavy atom. The van der Waals surface area contributed by atoms with Crippen LogP contribution in [0.4, 0.5) is 0 Å². The summed E-state index contributed by atoms with van der Waals surface area (Å²) in [6.07, 6.45) is 11.2. The molecule has 2 aromatic heterocycles. The highest BCUT2D eigenvalue weighted by Crippen LogP contribution is 2.37. The van der Waals surface area contributed by atoms with Crippen LogP contribution in [0.3, 0.4) is 0 Å². The van der Waals surface area contributed by atoms with Gasteiger partial charge in [0.1, 0.15) is 0 Å². The highest BCUT2D eigenvalue weighted by Gasteiger charge is 2.22. The van der Waals surface area contributed by atoms with E-state index in [0.717, 1.165) is 53.8 Å². The van der Waals surface area contributed by atoms with E-state index in [1.165, 1.54) is 70.0 Å². The van der Waals surface area contributed by atoms with E-state index in [4.69, 9.17) is 0 Å². The van der Waals surface area contributed by atoms with Gasteiger partial charge >= 0.3 is 0 Å². The molecular formula is C39H33N3. The molecule has 0 N–H and O–H groups in total. The van der Waals surface area contributed by atoms with Crippen LogP contribution in [0.25, 0.3) is 38.8 Å². The highest BCUT2D eigenvalue weighted by atomic mass is 15.0. The molecular weight excluding hydrogens is 510 g/mol. The van der Waals surface area contributed by atoms with Crippen molar-refractivity contribution in [3.05, 3.63) is 137 Å². The van der Waals surface area contributed by atoms with Crippen molar-refractivity contribution in [2.75, 3.05) is 0 Å². The second kappa shape index (κ2) is 10.2. The van der Waals surface area contributed by atoms with Crippen LogP contribution in [0, 0.1) is 11.3 Å². The minimum absolute atomic E-state index is 0.955. The van der Waals surface area contributed by atoms with Crippen LogP contribution < -0.4 is 0 Å². The maximum absolute atomic E-state index is 9.93. The van der Waals surface area contributed by atoms with Crippen molar-refractivity contribution in [3.8, 4) is 17.4 Å². The number of rotatable bonds is 4. The van der Waals surface area contributed by atoms with E-state index in [0.29, 0.717) is 0 Å². The first-order chi connectivity index (χ1) is 20.8. The summed E-state index contributed by atoms with van der Waals surface area (Å²) in [6, 6.07) is 37.5. The first-order valence-corrected chi connectivity index (χ1v) is 15.4. The summed E-state index contributed by atoms with van der Waals surface area (Å²) in [5.41, 5.74) is 13.9. The monoisotopic (exact) mass is 543 g/mol. The Morgan fingerprint density at radius 1 is 0.571 bits per heavy atom. The lowest BCUT2D eigenvalue weighted by Crippen LogP contribution is -2.07. The Hall–Kier alpha value is -4.81. The molecule has 0 aliphatic heterocycles. The molecule has 0 atom stereocenters. The molecule has 8 rings (SSSR count). The number of para-hydroxylation sites is 2. The molecule has 2 aliphatic rings. The van der Waals surface area contributed by atoms with Gasteiger partial charge in [0.05, 0.1) is 17.1 Å². The fourth-order valence-electron chi connectivity index (χ4n) is 7.60. The first-order valence-electron chi connectivity index (χ1n) is 15.4. The molecule has 3 heteroatoms. The zero-order chi connectivity index (χ0) is 28.0. The summed E-state index contributed by atoms with van der Waals surface area (Å²) >= 11 is 0. The van der Waals surface area contributed by atoms with Crippen LogP contribution in [0.1, 0.15) is 59.3 Å². The number of allylic oxidation sites excluding steroid dienone is 1. The molecule has 42 heavy (non-hydrogen) atoms. The Balaban J connectivity index is 1.26. The molecule has 204 valence electrons. The van der Waals surface area contributed by atoms with Gasteiger partial charge in [-0.05, 0) is 116 Å². The van der Waals surface area contributed by atoms with Gasteiger partial charge in [-0.3, -0.25) is 0 Å². The van der Waals surface area contributed by atoms with Gasteiger partial charge in [0.2, 0.25) is 0 Å². The van der Waals surface area contributed by atoms with Crippen molar-refractivity contribution in [1.29, 1.82) is 5.26 Å². The van der Waals surface area contributed by atoms with Gasteiger partial charge in [0.15, 0.2) is 0 Å². The number of nitrogens with zero attached hydrogens (tertiary/aromatic N) is 3. The SMILES string of the molecule is N#CC=C(c1cccc(-n2c3c(c4ccccc42)CCCC3)c1)c1cccc(-n2c3c(c4ccccc42)CCCC3)c1. The Kier molecular flexibility index (Phi) is 6.08. The Labute approximate surface area is 247 Å². The molecule has 0 unspecified atom stereocenters. The third-order valence-electron chi connectivity index (χ3n) is 9.40. The lowest BCUT2D eigenvalue weighted by Gasteiger charge is -2.18. The largest absolute Gasteiger partial charge is 0.313 e. The van der Waals surface area contributed by atoms with Gasteiger partial charge in [-0.2, -0.15) is 5.26 Å². The zero-order valence-corrected chi connectivity index (χ0v) is 23.8. The quantitative estimate of drug-likeness (QED) is 0.204. The van der Waals surface area contributed by atoms with Crippen molar-refractivity contribution < 1.29 is 0 Å². The molecule has 3 nitrogen and oxygen atoms in total. The van der Waals surface area contributed by atoms with Gasteiger partial charge in [-0.1, -0.05) is 60.7 Å². The van der Waals surface area contributed by atoms with Gasteiger partial charge in [0, 0.05) is 39.6 Å². The third kappa shape index (κ3) is 3.94. The first kappa shape index (κ1) is 24.9. The number of benzene rings is 4. The predicted octanol–water partition coefficient (Wildman–Crippen LogP) is 9.29. The molecule has 0 saturated carbocycles. The van der Waals surface area contributed by atoms with E-state index in [1.807, 2.05) is 0 Å². The van der Waals surface area contributed by atoms with E-state index in [1.54, 1.807) is 6.08 Å². The molecule has 4 aromatic carbocycles. The summed E-state index contributed by atoms with van der Waals surface area (Å²) in [5, 5.41) is 12.7. The molecule has 2 aliphatic carbocycles. The average Bonchev–Trinajstić information content (AvgIpc) is 3.57. The molecule has 0 saturated heterocycles. The predicted molar refractivity (Wildman–Crippen MR) is 173 cm³/mol. The van der Waals surface area contributed by atoms with Crippen molar-refractivity contribution in [2.45, 2.75) is 51.4 Å². The maximum atomic E-state index is 9.93. The van der Waals surface area contributed by atoms with Gasteiger partial charge in [-0.15, -0.1) is 0 Å². The molecule has 6 aromatic rings. The van der Waals surface area contributed by atoms with Crippen molar-refractivity contribution in [1.82, 2.24) is 9.13 Å². The lowest BCUT2D eigenvalue weighted by molar-refractivity contribution is 0.667. The number of aryl methyl sites for hydroxylation is 2. The van der Waals surface area contributed by atoms with E-state index in [2.05, 4.69) is 112 Å².